The van der Waals surface area contributed by atoms with Gasteiger partial charge in [-0.15, -0.1) is 0 Å². The van der Waals surface area contributed by atoms with Gasteiger partial charge in [0.15, 0.2) is 17.5 Å². The maximum absolute atomic E-state index is 4.91. The van der Waals surface area contributed by atoms with Crippen molar-refractivity contribution in [3.05, 3.63) is 151 Å². The maximum atomic E-state index is 4.91. The molecule has 0 aliphatic heterocycles. The van der Waals surface area contributed by atoms with Crippen molar-refractivity contribution in [2.45, 2.75) is 32.1 Å². The minimum Gasteiger partial charge on any atom is -0.208 e. The van der Waals surface area contributed by atoms with Crippen molar-refractivity contribution < 1.29 is 0 Å². The summed E-state index contributed by atoms with van der Waals surface area (Å²) in [6, 6.07) is 48.7. The third kappa shape index (κ3) is 5.31. The molecule has 0 saturated heterocycles. The minimum atomic E-state index is -0.0722. The second kappa shape index (κ2) is 11.7. The van der Waals surface area contributed by atoms with Crippen LogP contribution in [0.1, 0.15) is 37.8 Å². The average molecular weight is 532 g/mol. The summed E-state index contributed by atoms with van der Waals surface area (Å²) in [5, 5.41) is 0. The Morgan fingerprint density at radius 1 is 0.366 bits per heavy atom. The van der Waals surface area contributed by atoms with Gasteiger partial charge in [0.25, 0.3) is 0 Å². The van der Waals surface area contributed by atoms with Gasteiger partial charge in [-0.2, -0.15) is 0 Å². The molecule has 0 radical (unpaired) electrons. The summed E-state index contributed by atoms with van der Waals surface area (Å²) in [6.45, 7) is 4.57. The lowest BCUT2D eigenvalue weighted by Gasteiger charge is -2.33. The van der Waals surface area contributed by atoms with Gasteiger partial charge in [0, 0.05) is 22.1 Å². The molecule has 3 heteroatoms. The van der Waals surface area contributed by atoms with Gasteiger partial charge in [-0.1, -0.05) is 153 Å². The fourth-order valence-electron chi connectivity index (χ4n) is 5.72. The van der Waals surface area contributed by atoms with E-state index in [1.807, 2.05) is 60.7 Å². The molecule has 1 aromatic heterocycles. The normalized spacial score (nSPS) is 11.4. The van der Waals surface area contributed by atoms with E-state index in [0.717, 1.165) is 29.5 Å². The van der Waals surface area contributed by atoms with E-state index in [0.29, 0.717) is 17.5 Å². The van der Waals surface area contributed by atoms with Crippen LogP contribution in [0.4, 0.5) is 0 Å². The molecule has 0 bridgehead atoms. The maximum Gasteiger partial charge on any atom is 0.164 e. The molecular formula is C38H33N3. The molecule has 200 valence electrons. The number of rotatable bonds is 8. The van der Waals surface area contributed by atoms with E-state index in [4.69, 9.17) is 15.0 Å². The van der Waals surface area contributed by atoms with E-state index < -0.39 is 0 Å². The van der Waals surface area contributed by atoms with Crippen molar-refractivity contribution in [1.29, 1.82) is 0 Å². The zero-order chi connectivity index (χ0) is 28.1. The third-order valence-electron chi connectivity index (χ3n) is 8.15. The number of hydrogen-bond acceptors (Lipinski definition) is 3. The monoisotopic (exact) mass is 531 g/mol. The van der Waals surface area contributed by atoms with Crippen LogP contribution in [0.5, 0.6) is 0 Å². The second-order valence-electron chi connectivity index (χ2n) is 10.3. The molecule has 0 fully saturated rings. The van der Waals surface area contributed by atoms with Crippen LogP contribution in [-0.2, 0) is 5.41 Å². The largest absolute Gasteiger partial charge is 0.208 e. The van der Waals surface area contributed by atoms with Crippen LogP contribution in [0.3, 0.4) is 0 Å². The zero-order valence-corrected chi connectivity index (χ0v) is 23.5. The number of benzene rings is 5. The summed E-state index contributed by atoms with van der Waals surface area (Å²) >= 11 is 0. The molecule has 0 atom stereocenters. The first-order valence-corrected chi connectivity index (χ1v) is 14.3. The van der Waals surface area contributed by atoms with Gasteiger partial charge in [-0.05, 0) is 35.1 Å². The third-order valence-corrected chi connectivity index (χ3v) is 8.15. The van der Waals surface area contributed by atoms with Crippen LogP contribution >= 0.6 is 0 Å². The van der Waals surface area contributed by atoms with Crippen molar-refractivity contribution in [3.8, 4) is 45.3 Å². The molecule has 0 amide bonds. The highest BCUT2D eigenvalue weighted by atomic mass is 15.0. The van der Waals surface area contributed by atoms with E-state index in [9.17, 15) is 0 Å². The highest BCUT2D eigenvalue weighted by Crippen LogP contribution is 2.40. The van der Waals surface area contributed by atoms with E-state index >= 15 is 0 Å². The van der Waals surface area contributed by atoms with Crippen LogP contribution in [0.25, 0.3) is 45.3 Å². The Bertz CT molecular complexity index is 1650. The number of aromatic nitrogens is 3. The Morgan fingerprint density at radius 3 is 1.02 bits per heavy atom. The highest BCUT2D eigenvalue weighted by molar-refractivity contribution is 5.67. The molecule has 5 aromatic carbocycles. The van der Waals surface area contributed by atoms with Gasteiger partial charge in [-0.25, -0.2) is 15.0 Å². The fourth-order valence-corrected chi connectivity index (χ4v) is 5.72. The summed E-state index contributed by atoms with van der Waals surface area (Å²) < 4.78 is 0. The lowest BCUT2D eigenvalue weighted by Crippen LogP contribution is -2.26. The summed E-state index contributed by atoms with van der Waals surface area (Å²) in [5.74, 6) is 2.03. The molecular weight excluding hydrogens is 498 g/mol. The van der Waals surface area contributed by atoms with Gasteiger partial charge in [-0.3, -0.25) is 0 Å². The van der Waals surface area contributed by atoms with Crippen molar-refractivity contribution >= 4 is 0 Å². The van der Waals surface area contributed by atoms with Gasteiger partial charge < -0.3 is 0 Å². The Kier molecular flexibility index (Phi) is 7.51. The smallest absolute Gasteiger partial charge is 0.164 e. The standard InChI is InChI=1S/C38H33N3/c1-3-38(4-2,33-24-20-29(21-25-33)28-14-8-5-9-15-28)34-26-22-32(23-27-34)37-40-35(30-16-10-6-11-17-30)39-36(41-37)31-18-12-7-13-19-31/h5-27H,3-4H2,1-2H3. The lowest BCUT2D eigenvalue weighted by molar-refractivity contribution is 0.478. The Balaban J connectivity index is 1.38. The lowest BCUT2D eigenvalue weighted by atomic mass is 9.70. The summed E-state index contributed by atoms with van der Waals surface area (Å²) in [7, 11) is 0. The first-order valence-electron chi connectivity index (χ1n) is 14.3. The highest BCUT2D eigenvalue weighted by Gasteiger charge is 2.30. The predicted molar refractivity (Wildman–Crippen MR) is 169 cm³/mol. The van der Waals surface area contributed by atoms with Crippen molar-refractivity contribution in [1.82, 2.24) is 15.0 Å². The van der Waals surface area contributed by atoms with Gasteiger partial charge >= 0.3 is 0 Å². The van der Waals surface area contributed by atoms with Crippen LogP contribution in [-0.4, -0.2) is 15.0 Å². The summed E-state index contributed by atoms with van der Waals surface area (Å²) in [4.78, 5) is 14.6. The predicted octanol–water partition coefficient (Wildman–Crippen LogP) is 9.65. The molecule has 0 saturated carbocycles. The Hall–Kier alpha value is -4.89. The first kappa shape index (κ1) is 26.3. The molecule has 41 heavy (non-hydrogen) atoms. The molecule has 0 spiro atoms. The quantitative estimate of drug-likeness (QED) is 0.196. The van der Waals surface area contributed by atoms with Crippen molar-refractivity contribution in [3.63, 3.8) is 0 Å². The summed E-state index contributed by atoms with van der Waals surface area (Å²) in [6.07, 6.45) is 2.02. The van der Waals surface area contributed by atoms with Crippen LogP contribution in [0.2, 0.25) is 0 Å². The van der Waals surface area contributed by atoms with Gasteiger partial charge in [0.2, 0.25) is 0 Å². The van der Waals surface area contributed by atoms with Crippen molar-refractivity contribution in [2.75, 3.05) is 0 Å². The fraction of sp³-hybridized carbons (Fsp3) is 0.132. The molecule has 3 nitrogen and oxygen atoms in total. The van der Waals surface area contributed by atoms with E-state index in [1.165, 1.54) is 22.3 Å². The van der Waals surface area contributed by atoms with Crippen LogP contribution in [0, 0.1) is 0 Å². The zero-order valence-electron chi connectivity index (χ0n) is 23.5. The van der Waals surface area contributed by atoms with Crippen molar-refractivity contribution in [2.24, 2.45) is 0 Å². The summed E-state index contributed by atoms with van der Waals surface area (Å²) in [5.41, 5.74) is 7.98. The molecule has 1 heterocycles. The molecule has 6 aromatic rings. The second-order valence-corrected chi connectivity index (χ2v) is 10.3. The molecule has 0 aliphatic rings. The molecule has 6 rings (SSSR count). The topological polar surface area (TPSA) is 38.7 Å². The number of hydrogen-bond donors (Lipinski definition) is 0. The van der Waals surface area contributed by atoms with E-state index in [1.54, 1.807) is 0 Å². The Labute approximate surface area is 242 Å². The van der Waals surface area contributed by atoms with E-state index in [-0.39, 0.29) is 5.41 Å². The van der Waals surface area contributed by atoms with Gasteiger partial charge in [0.1, 0.15) is 0 Å². The van der Waals surface area contributed by atoms with Crippen LogP contribution < -0.4 is 0 Å². The minimum absolute atomic E-state index is 0.0722. The van der Waals surface area contributed by atoms with Crippen LogP contribution in [0.15, 0.2) is 140 Å². The SMILES string of the molecule is CCC(CC)(c1ccc(-c2ccccc2)cc1)c1ccc(-c2nc(-c3ccccc3)nc(-c3ccccc3)n2)cc1. The van der Waals surface area contributed by atoms with Gasteiger partial charge in [0.05, 0.1) is 0 Å². The molecule has 0 N–H and O–H groups in total. The molecule has 0 aliphatic carbocycles. The Morgan fingerprint density at radius 2 is 0.659 bits per heavy atom. The first-order chi connectivity index (χ1) is 20.2. The average Bonchev–Trinajstić information content (AvgIpc) is 3.07. The number of nitrogens with zero attached hydrogens (tertiary/aromatic N) is 3. The molecule has 0 unspecified atom stereocenters. The van der Waals surface area contributed by atoms with E-state index in [2.05, 4.69) is 92.7 Å².